The van der Waals surface area contributed by atoms with Gasteiger partial charge in [0.25, 0.3) is 0 Å². The van der Waals surface area contributed by atoms with Gasteiger partial charge in [-0.2, -0.15) is 0 Å². The Hall–Kier alpha value is -0.850. The molecule has 1 saturated heterocycles. The molecule has 0 aliphatic carbocycles. The zero-order valence-electron chi connectivity index (χ0n) is 13.4. The predicted molar refractivity (Wildman–Crippen MR) is 97.2 cm³/mol. The van der Waals surface area contributed by atoms with Crippen LogP contribution in [0, 0.1) is 0 Å². The molecule has 0 bridgehead atoms. The maximum atomic E-state index is 12.0. The first kappa shape index (κ1) is 22.1. The zero-order valence-corrected chi connectivity index (χ0v) is 15.1. The third-order valence-corrected chi connectivity index (χ3v) is 4.06. The normalized spacial score (nSPS) is 17.6. The van der Waals surface area contributed by atoms with Gasteiger partial charge in [0.15, 0.2) is 0 Å². The Kier molecular flexibility index (Phi) is 10.4. The topological polar surface area (TPSA) is 69.8 Å². The molecule has 2 atom stereocenters. The first-order valence-corrected chi connectivity index (χ1v) is 7.61. The summed E-state index contributed by atoms with van der Waals surface area (Å²) in [5.74, 6) is 0.0424. The highest BCUT2D eigenvalue weighted by molar-refractivity contribution is 5.85. The van der Waals surface area contributed by atoms with Gasteiger partial charge in [-0.1, -0.05) is 37.3 Å². The average Bonchev–Trinajstić information content (AvgIpc) is 2.55. The molecule has 3 N–H and O–H groups in total. The number of β-amino-alcohol motifs (C(OH)–C–C–N with tert-alkyl or cyclic N) is 1. The standard InChI is InChI=1S/C16H25N3O2.2ClH/c1-2-14(17)16(21)19-10-8-18(9-11-19)12-15(20)13-6-4-3-5-7-13;;/h3-7,14-15,20H,2,8-12,17H2,1H3;2*1H/t14-,15?;;/m0../s1. The molecular weight excluding hydrogens is 337 g/mol. The number of carbonyl (C=O) groups excluding carboxylic acids is 1. The Balaban J connectivity index is 0.00000242. The van der Waals surface area contributed by atoms with E-state index in [4.69, 9.17) is 5.73 Å². The van der Waals surface area contributed by atoms with Gasteiger partial charge in [0.1, 0.15) is 0 Å². The number of benzene rings is 1. The summed E-state index contributed by atoms with van der Waals surface area (Å²) in [6, 6.07) is 9.29. The molecule has 5 nitrogen and oxygen atoms in total. The minimum atomic E-state index is -0.480. The molecule has 1 heterocycles. The molecule has 132 valence electrons. The highest BCUT2D eigenvalue weighted by Gasteiger charge is 2.25. The highest BCUT2D eigenvalue weighted by Crippen LogP contribution is 2.15. The van der Waals surface area contributed by atoms with Gasteiger partial charge in [0, 0.05) is 32.7 Å². The van der Waals surface area contributed by atoms with Crippen molar-refractivity contribution in [3.05, 3.63) is 35.9 Å². The quantitative estimate of drug-likeness (QED) is 0.830. The van der Waals surface area contributed by atoms with Crippen LogP contribution in [-0.4, -0.2) is 59.6 Å². The van der Waals surface area contributed by atoms with E-state index in [2.05, 4.69) is 4.90 Å². The summed E-state index contributed by atoms with van der Waals surface area (Å²) in [5, 5.41) is 10.2. The van der Waals surface area contributed by atoms with Crippen LogP contribution in [0.1, 0.15) is 25.0 Å². The molecule has 2 rings (SSSR count). The highest BCUT2D eigenvalue weighted by atomic mass is 35.5. The van der Waals surface area contributed by atoms with E-state index >= 15 is 0 Å². The molecule has 0 radical (unpaired) electrons. The molecule has 0 aromatic heterocycles. The summed E-state index contributed by atoms with van der Waals surface area (Å²) in [7, 11) is 0. The van der Waals surface area contributed by atoms with Crippen LogP contribution < -0.4 is 5.73 Å². The number of piperazine rings is 1. The van der Waals surface area contributed by atoms with Crippen LogP contribution in [0.4, 0.5) is 0 Å². The third kappa shape index (κ3) is 6.28. The summed E-state index contributed by atoms with van der Waals surface area (Å²) in [4.78, 5) is 16.0. The van der Waals surface area contributed by atoms with Gasteiger partial charge in [-0.05, 0) is 12.0 Å². The maximum absolute atomic E-state index is 12.0. The Morgan fingerprint density at radius 2 is 1.74 bits per heavy atom. The summed E-state index contributed by atoms with van der Waals surface area (Å²) >= 11 is 0. The second-order valence-electron chi connectivity index (χ2n) is 5.57. The number of halogens is 2. The number of nitrogens with zero attached hydrogens (tertiary/aromatic N) is 2. The van der Waals surface area contributed by atoms with E-state index in [1.807, 2.05) is 42.2 Å². The molecule has 7 heteroatoms. The second kappa shape index (κ2) is 10.8. The van der Waals surface area contributed by atoms with Crippen molar-refractivity contribution >= 4 is 30.7 Å². The largest absolute Gasteiger partial charge is 0.387 e. The number of nitrogens with two attached hydrogens (primary N) is 1. The number of aliphatic hydroxyl groups excluding tert-OH is 1. The molecule has 1 aliphatic rings. The van der Waals surface area contributed by atoms with Crippen molar-refractivity contribution in [3.8, 4) is 0 Å². The first-order chi connectivity index (χ1) is 10.1. The molecule has 1 unspecified atom stereocenters. The molecule has 1 aromatic carbocycles. The molecule has 1 aliphatic heterocycles. The fourth-order valence-electron chi connectivity index (χ4n) is 2.59. The van der Waals surface area contributed by atoms with E-state index < -0.39 is 6.10 Å². The van der Waals surface area contributed by atoms with Crippen LogP contribution >= 0.6 is 24.8 Å². The van der Waals surface area contributed by atoms with Gasteiger partial charge in [-0.25, -0.2) is 0 Å². The Labute approximate surface area is 150 Å². The number of rotatable bonds is 5. The van der Waals surface area contributed by atoms with E-state index in [9.17, 15) is 9.90 Å². The van der Waals surface area contributed by atoms with Gasteiger partial charge in [-0.3, -0.25) is 9.69 Å². The molecule has 1 fully saturated rings. The molecule has 23 heavy (non-hydrogen) atoms. The summed E-state index contributed by atoms with van der Waals surface area (Å²) in [6.07, 6.45) is 0.192. The smallest absolute Gasteiger partial charge is 0.239 e. The Morgan fingerprint density at radius 3 is 2.26 bits per heavy atom. The minimum absolute atomic E-state index is 0. The lowest BCUT2D eigenvalue weighted by Gasteiger charge is -2.36. The summed E-state index contributed by atoms with van der Waals surface area (Å²) in [5.41, 5.74) is 6.73. The predicted octanol–water partition coefficient (Wildman–Crippen LogP) is 1.45. The molecule has 1 amide bonds. The van der Waals surface area contributed by atoms with Crippen LogP contribution in [0.5, 0.6) is 0 Å². The van der Waals surface area contributed by atoms with Gasteiger partial charge >= 0.3 is 0 Å². The fourth-order valence-corrected chi connectivity index (χ4v) is 2.59. The van der Waals surface area contributed by atoms with E-state index in [0.29, 0.717) is 26.1 Å². The number of amides is 1. The number of hydrogen-bond acceptors (Lipinski definition) is 4. The van der Waals surface area contributed by atoms with Crippen molar-refractivity contribution in [2.75, 3.05) is 32.7 Å². The van der Waals surface area contributed by atoms with E-state index in [1.165, 1.54) is 0 Å². The lowest BCUT2D eigenvalue weighted by molar-refractivity contribution is -0.134. The van der Waals surface area contributed by atoms with Crippen molar-refractivity contribution in [2.45, 2.75) is 25.5 Å². The SMILES string of the molecule is CC[C@H](N)C(=O)N1CCN(CC(O)c2ccccc2)CC1.Cl.Cl. The fraction of sp³-hybridized carbons (Fsp3) is 0.562. The summed E-state index contributed by atoms with van der Waals surface area (Å²) < 4.78 is 0. The van der Waals surface area contributed by atoms with Crippen LogP contribution in [0.25, 0.3) is 0 Å². The van der Waals surface area contributed by atoms with E-state index in [0.717, 1.165) is 18.7 Å². The molecule has 0 spiro atoms. The van der Waals surface area contributed by atoms with E-state index in [-0.39, 0.29) is 36.8 Å². The zero-order chi connectivity index (χ0) is 15.2. The van der Waals surface area contributed by atoms with Crippen LogP contribution in [0.3, 0.4) is 0 Å². The van der Waals surface area contributed by atoms with Crippen molar-refractivity contribution < 1.29 is 9.90 Å². The minimum Gasteiger partial charge on any atom is -0.387 e. The Bertz CT molecular complexity index is 454. The van der Waals surface area contributed by atoms with Crippen molar-refractivity contribution in [1.29, 1.82) is 0 Å². The van der Waals surface area contributed by atoms with Crippen molar-refractivity contribution in [2.24, 2.45) is 5.73 Å². The first-order valence-electron chi connectivity index (χ1n) is 7.61. The Morgan fingerprint density at radius 1 is 1.17 bits per heavy atom. The second-order valence-corrected chi connectivity index (χ2v) is 5.57. The number of carbonyl (C=O) groups is 1. The van der Waals surface area contributed by atoms with Gasteiger partial charge in [-0.15, -0.1) is 24.8 Å². The van der Waals surface area contributed by atoms with E-state index in [1.54, 1.807) is 0 Å². The monoisotopic (exact) mass is 363 g/mol. The van der Waals surface area contributed by atoms with Crippen LogP contribution in [0.15, 0.2) is 30.3 Å². The molecule has 0 saturated carbocycles. The van der Waals surface area contributed by atoms with Crippen molar-refractivity contribution in [3.63, 3.8) is 0 Å². The lowest BCUT2D eigenvalue weighted by atomic mass is 10.1. The number of hydrogen-bond donors (Lipinski definition) is 2. The lowest BCUT2D eigenvalue weighted by Crippen LogP contribution is -2.53. The molecular formula is C16H27Cl2N3O2. The average molecular weight is 364 g/mol. The molecule has 1 aromatic rings. The van der Waals surface area contributed by atoms with Crippen molar-refractivity contribution in [1.82, 2.24) is 9.80 Å². The van der Waals surface area contributed by atoms with Gasteiger partial charge in [0.2, 0.25) is 5.91 Å². The number of aliphatic hydroxyl groups is 1. The van der Waals surface area contributed by atoms with Crippen LogP contribution in [0.2, 0.25) is 0 Å². The van der Waals surface area contributed by atoms with Gasteiger partial charge < -0.3 is 15.7 Å². The summed E-state index contributed by atoms with van der Waals surface area (Å²) in [6.45, 7) is 5.47. The third-order valence-electron chi connectivity index (χ3n) is 4.06. The maximum Gasteiger partial charge on any atom is 0.239 e. The van der Waals surface area contributed by atoms with Crippen LogP contribution in [-0.2, 0) is 4.79 Å². The van der Waals surface area contributed by atoms with Gasteiger partial charge in [0.05, 0.1) is 12.1 Å².